The molecule has 1 rings (SSSR count). The van der Waals surface area contributed by atoms with E-state index in [1.807, 2.05) is 30.3 Å². The van der Waals surface area contributed by atoms with Crippen molar-refractivity contribution >= 4 is 11.9 Å². The molecule has 0 aromatic heterocycles. The average Bonchev–Trinajstić information content (AvgIpc) is 2.58. The summed E-state index contributed by atoms with van der Waals surface area (Å²) in [7, 11) is 2.92. The number of ether oxygens (including phenoxy) is 3. The molecule has 0 saturated carbocycles. The summed E-state index contributed by atoms with van der Waals surface area (Å²) >= 11 is 0. The summed E-state index contributed by atoms with van der Waals surface area (Å²) in [5.41, 5.74) is 0. The van der Waals surface area contributed by atoms with E-state index >= 15 is 0 Å². The largest absolute Gasteiger partial charge is 0.493 e. The lowest BCUT2D eigenvalue weighted by Crippen LogP contribution is -2.39. The molecule has 23 heavy (non-hydrogen) atoms. The normalized spacial score (nSPS) is 11.6. The van der Waals surface area contributed by atoms with Crippen LogP contribution in [0.1, 0.15) is 13.3 Å². The highest BCUT2D eigenvalue weighted by Gasteiger charge is 2.21. The van der Waals surface area contributed by atoms with Crippen molar-refractivity contribution in [1.29, 1.82) is 0 Å². The summed E-state index contributed by atoms with van der Waals surface area (Å²) in [5, 5.41) is 0. The first-order valence-electron chi connectivity index (χ1n) is 7.60. The van der Waals surface area contributed by atoms with E-state index in [0.29, 0.717) is 26.3 Å². The Labute approximate surface area is 137 Å². The van der Waals surface area contributed by atoms with E-state index in [1.165, 1.54) is 7.11 Å². The van der Waals surface area contributed by atoms with Gasteiger partial charge in [0.1, 0.15) is 5.75 Å². The Morgan fingerprint density at radius 1 is 1.13 bits per heavy atom. The molecule has 0 bridgehead atoms. The van der Waals surface area contributed by atoms with Gasteiger partial charge < -0.3 is 19.1 Å². The fraction of sp³-hybridized carbons (Fsp3) is 0.529. The minimum Gasteiger partial charge on any atom is -0.493 e. The number of carbonyl (C=O) groups excluding carboxylic acids is 2. The predicted molar refractivity (Wildman–Crippen MR) is 86.2 cm³/mol. The van der Waals surface area contributed by atoms with E-state index < -0.39 is 0 Å². The first-order chi connectivity index (χ1) is 11.1. The zero-order valence-electron chi connectivity index (χ0n) is 14.0. The molecule has 1 aromatic carbocycles. The Morgan fingerprint density at radius 2 is 1.83 bits per heavy atom. The number of benzene rings is 1. The van der Waals surface area contributed by atoms with Crippen LogP contribution in [0.15, 0.2) is 30.3 Å². The summed E-state index contributed by atoms with van der Waals surface area (Å²) in [5.74, 6) is -0.0583. The Balaban J connectivity index is 2.48. The average molecular weight is 323 g/mol. The molecule has 0 aliphatic heterocycles. The SMILES string of the molecule is COCCN(CC(C)C(=O)OC)C(=O)CCOc1ccccc1. The molecule has 1 atom stereocenters. The minimum absolute atomic E-state index is 0.0752. The minimum atomic E-state index is -0.379. The number of amides is 1. The zero-order valence-corrected chi connectivity index (χ0v) is 14.0. The molecule has 0 aliphatic rings. The number of hydrogen-bond acceptors (Lipinski definition) is 5. The van der Waals surface area contributed by atoms with Gasteiger partial charge in [0.2, 0.25) is 5.91 Å². The van der Waals surface area contributed by atoms with Crippen molar-refractivity contribution in [3.63, 3.8) is 0 Å². The molecule has 0 fully saturated rings. The van der Waals surface area contributed by atoms with Gasteiger partial charge in [-0.05, 0) is 12.1 Å². The summed E-state index contributed by atoms with van der Waals surface area (Å²) in [6.45, 7) is 3.18. The highest BCUT2D eigenvalue weighted by molar-refractivity contribution is 5.78. The van der Waals surface area contributed by atoms with E-state index in [2.05, 4.69) is 0 Å². The third kappa shape index (κ3) is 7.15. The standard InChI is InChI=1S/C17H25NO5/c1-14(17(20)22-3)13-18(10-12-21-2)16(19)9-11-23-15-7-5-4-6-8-15/h4-8,14H,9-13H2,1-3H3. The van der Waals surface area contributed by atoms with Gasteiger partial charge in [-0.15, -0.1) is 0 Å². The molecule has 0 saturated heterocycles. The summed E-state index contributed by atoms with van der Waals surface area (Å²) in [6.07, 6.45) is 0.243. The first-order valence-corrected chi connectivity index (χ1v) is 7.60. The Kier molecular flexibility index (Phi) is 8.75. The third-order valence-electron chi connectivity index (χ3n) is 3.34. The van der Waals surface area contributed by atoms with Crippen molar-refractivity contribution < 1.29 is 23.8 Å². The second kappa shape index (κ2) is 10.6. The van der Waals surface area contributed by atoms with Gasteiger partial charge in [0.15, 0.2) is 0 Å². The van der Waals surface area contributed by atoms with Crippen LogP contribution in [0.4, 0.5) is 0 Å². The maximum atomic E-state index is 12.3. The van der Waals surface area contributed by atoms with Crippen molar-refractivity contribution in [3.8, 4) is 5.75 Å². The van der Waals surface area contributed by atoms with Crippen molar-refractivity contribution in [2.45, 2.75) is 13.3 Å². The lowest BCUT2D eigenvalue weighted by atomic mass is 10.1. The second-order valence-corrected chi connectivity index (χ2v) is 5.17. The van der Waals surface area contributed by atoms with E-state index in [0.717, 1.165) is 5.75 Å². The van der Waals surface area contributed by atoms with Crippen LogP contribution in [0.5, 0.6) is 5.75 Å². The van der Waals surface area contributed by atoms with Gasteiger partial charge >= 0.3 is 5.97 Å². The number of para-hydroxylation sites is 1. The van der Waals surface area contributed by atoms with Crippen molar-refractivity contribution in [1.82, 2.24) is 4.90 Å². The van der Waals surface area contributed by atoms with Crippen LogP contribution in [0.25, 0.3) is 0 Å². The Bertz CT molecular complexity index is 477. The molecule has 6 heteroatoms. The van der Waals surface area contributed by atoms with E-state index in [-0.39, 0.29) is 24.2 Å². The summed E-state index contributed by atoms with van der Waals surface area (Å²) in [4.78, 5) is 25.5. The van der Waals surface area contributed by atoms with Crippen molar-refractivity contribution in [2.24, 2.45) is 5.92 Å². The summed E-state index contributed by atoms with van der Waals surface area (Å²) < 4.78 is 15.3. The first kappa shape index (κ1) is 19.0. The molecule has 1 amide bonds. The molecule has 0 N–H and O–H groups in total. The second-order valence-electron chi connectivity index (χ2n) is 5.17. The topological polar surface area (TPSA) is 65.1 Å². The lowest BCUT2D eigenvalue weighted by Gasteiger charge is -2.25. The van der Waals surface area contributed by atoms with E-state index in [9.17, 15) is 9.59 Å². The quantitative estimate of drug-likeness (QED) is 0.614. The number of carbonyl (C=O) groups is 2. The molecule has 0 spiro atoms. The molecule has 128 valence electrons. The van der Waals surface area contributed by atoms with Crippen LogP contribution in [0.2, 0.25) is 0 Å². The van der Waals surface area contributed by atoms with Crippen LogP contribution in [-0.4, -0.2) is 57.3 Å². The number of hydrogen-bond donors (Lipinski definition) is 0. The van der Waals surface area contributed by atoms with E-state index in [4.69, 9.17) is 14.2 Å². The van der Waals surface area contributed by atoms with Gasteiger partial charge in [0.05, 0.1) is 32.7 Å². The maximum absolute atomic E-state index is 12.3. The van der Waals surface area contributed by atoms with Crippen LogP contribution >= 0.6 is 0 Å². The van der Waals surface area contributed by atoms with Gasteiger partial charge in [0.25, 0.3) is 0 Å². The summed E-state index contributed by atoms with van der Waals surface area (Å²) in [6, 6.07) is 9.33. The number of esters is 1. The predicted octanol–water partition coefficient (Wildman–Crippen LogP) is 1.74. The van der Waals surface area contributed by atoms with Crippen molar-refractivity contribution in [3.05, 3.63) is 30.3 Å². The highest BCUT2D eigenvalue weighted by atomic mass is 16.5. The molecule has 0 heterocycles. The smallest absolute Gasteiger partial charge is 0.310 e. The van der Waals surface area contributed by atoms with Crippen molar-refractivity contribution in [2.75, 3.05) is 40.5 Å². The molecular weight excluding hydrogens is 298 g/mol. The molecule has 1 unspecified atom stereocenters. The van der Waals surface area contributed by atoms with Crippen LogP contribution in [0, 0.1) is 5.92 Å². The number of rotatable bonds is 10. The molecule has 6 nitrogen and oxygen atoms in total. The fourth-order valence-electron chi connectivity index (χ4n) is 2.06. The Hall–Kier alpha value is -2.08. The van der Waals surface area contributed by atoms with Crippen LogP contribution in [0.3, 0.4) is 0 Å². The molecule has 0 radical (unpaired) electrons. The number of methoxy groups -OCH3 is 2. The van der Waals surface area contributed by atoms with Crippen LogP contribution < -0.4 is 4.74 Å². The molecule has 0 aliphatic carbocycles. The van der Waals surface area contributed by atoms with E-state index in [1.54, 1.807) is 18.9 Å². The maximum Gasteiger partial charge on any atom is 0.310 e. The Morgan fingerprint density at radius 3 is 2.43 bits per heavy atom. The molecular formula is C17H25NO5. The van der Waals surface area contributed by atoms with Crippen LogP contribution in [-0.2, 0) is 19.1 Å². The fourth-order valence-corrected chi connectivity index (χ4v) is 2.06. The number of nitrogens with zero attached hydrogens (tertiary/aromatic N) is 1. The highest BCUT2D eigenvalue weighted by Crippen LogP contribution is 2.09. The molecule has 1 aromatic rings. The van der Waals surface area contributed by atoms with Gasteiger partial charge in [-0.25, -0.2) is 0 Å². The lowest BCUT2D eigenvalue weighted by molar-refractivity contribution is -0.146. The van der Waals surface area contributed by atoms with Gasteiger partial charge in [-0.1, -0.05) is 25.1 Å². The van der Waals surface area contributed by atoms with Gasteiger partial charge in [-0.3, -0.25) is 9.59 Å². The van der Waals surface area contributed by atoms with Gasteiger partial charge in [0, 0.05) is 20.2 Å². The zero-order chi connectivity index (χ0) is 17.1. The third-order valence-corrected chi connectivity index (χ3v) is 3.34. The monoisotopic (exact) mass is 323 g/mol. The van der Waals surface area contributed by atoms with Gasteiger partial charge in [-0.2, -0.15) is 0 Å².